The van der Waals surface area contributed by atoms with Crippen LogP contribution in [0.1, 0.15) is 37.0 Å². The molecule has 1 aromatic rings. The van der Waals surface area contributed by atoms with Crippen LogP contribution in [0.3, 0.4) is 0 Å². The van der Waals surface area contributed by atoms with Crippen LogP contribution >= 0.6 is 11.3 Å². The SMILES string of the molecule is CC1CCCN(C(C)CNS(=O)(=O)c2cc(C(=O)O)cs2)C1. The minimum Gasteiger partial charge on any atom is -0.478 e. The molecule has 2 heterocycles. The standard InChI is InChI=1S/C14H22N2O4S2/c1-10-4-3-5-16(8-10)11(2)7-15-22(19,20)13-6-12(9-21-13)14(17)18/h6,9-11,15H,3-5,7-8H2,1-2H3,(H,17,18). The van der Waals surface area contributed by atoms with Gasteiger partial charge in [-0.15, -0.1) is 11.3 Å². The van der Waals surface area contributed by atoms with E-state index in [1.54, 1.807) is 0 Å². The number of thiophene rings is 1. The Labute approximate surface area is 135 Å². The van der Waals surface area contributed by atoms with E-state index in [0.29, 0.717) is 12.5 Å². The molecule has 2 unspecified atom stereocenters. The van der Waals surface area contributed by atoms with E-state index in [1.807, 2.05) is 6.92 Å². The summed E-state index contributed by atoms with van der Waals surface area (Å²) in [6, 6.07) is 1.32. The van der Waals surface area contributed by atoms with Crippen LogP contribution in [0.15, 0.2) is 15.7 Å². The predicted molar refractivity (Wildman–Crippen MR) is 85.9 cm³/mol. The molecule has 2 rings (SSSR count). The van der Waals surface area contributed by atoms with Crippen molar-refractivity contribution in [1.82, 2.24) is 9.62 Å². The van der Waals surface area contributed by atoms with Crippen LogP contribution in [0.4, 0.5) is 0 Å². The van der Waals surface area contributed by atoms with Gasteiger partial charge in [-0.05, 0) is 38.3 Å². The predicted octanol–water partition coefficient (Wildman–Crippen LogP) is 1.85. The average Bonchev–Trinajstić information content (AvgIpc) is 2.95. The first-order valence-electron chi connectivity index (χ1n) is 7.35. The summed E-state index contributed by atoms with van der Waals surface area (Å²) in [5, 5.41) is 10.2. The molecule has 1 fully saturated rings. The molecule has 8 heteroatoms. The lowest BCUT2D eigenvalue weighted by Crippen LogP contribution is -2.46. The first-order chi connectivity index (χ1) is 10.3. The lowest BCUT2D eigenvalue weighted by molar-refractivity contribution is 0.0697. The number of likely N-dealkylation sites (tertiary alicyclic amines) is 1. The van der Waals surface area contributed by atoms with Gasteiger partial charge in [0.2, 0.25) is 10.0 Å². The molecule has 1 saturated heterocycles. The van der Waals surface area contributed by atoms with Crippen molar-refractivity contribution in [3.05, 3.63) is 17.0 Å². The molecule has 0 saturated carbocycles. The fraction of sp³-hybridized carbons (Fsp3) is 0.643. The zero-order valence-electron chi connectivity index (χ0n) is 12.8. The van der Waals surface area contributed by atoms with Crippen LogP contribution in [-0.2, 0) is 10.0 Å². The average molecular weight is 346 g/mol. The van der Waals surface area contributed by atoms with E-state index in [0.717, 1.165) is 30.8 Å². The quantitative estimate of drug-likeness (QED) is 0.821. The second-order valence-corrected chi connectivity index (χ2v) is 8.81. The Bertz CT molecular complexity index is 627. The third-order valence-corrected chi connectivity index (χ3v) is 6.83. The molecule has 2 N–H and O–H groups in total. The van der Waals surface area contributed by atoms with E-state index in [-0.39, 0.29) is 15.8 Å². The lowest BCUT2D eigenvalue weighted by atomic mass is 9.99. The first kappa shape index (κ1) is 17.4. The Morgan fingerprint density at radius 2 is 2.32 bits per heavy atom. The van der Waals surface area contributed by atoms with Gasteiger partial charge in [0.05, 0.1) is 5.56 Å². The fourth-order valence-electron chi connectivity index (χ4n) is 2.63. The van der Waals surface area contributed by atoms with Crippen LogP contribution in [-0.4, -0.2) is 50.1 Å². The number of nitrogens with one attached hydrogen (secondary N) is 1. The minimum atomic E-state index is -3.64. The number of carbonyl (C=O) groups is 1. The van der Waals surface area contributed by atoms with Crippen molar-refractivity contribution in [3.8, 4) is 0 Å². The highest BCUT2D eigenvalue weighted by Gasteiger charge is 2.24. The third-order valence-electron chi connectivity index (χ3n) is 3.97. The number of carboxylic acids is 1. The smallest absolute Gasteiger partial charge is 0.336 e. The summed E-state index contributed by atoms with van der Waals surface area (Å²) in [4.78, 5) is 13.1. The van der Waals surface area contributed by atoms with E-state index in [2.05, 4.69) is 16.5 Å². The van der Waals surface area contributed by atoms with E-state index in [4.69, 9.17) is 5.11 Å². The van der Waals surface area contributed by atoms with Gasteiger partial charge in [-0.2, -0.15) is 0 Å². The van der Waals surface area contributed by atoms with E-state index >= 15 is 0 Å². The van der Waals surface area contributed by atoms with Crippen LogP contribution in [0, 0.1) is 5.92 Å². The molecule has 1 aliphatic rings. The Hall–Kier alpha value is -0.960. The van der Waals surface area contributed by atoms with Gasteiger partial charge in [0.15, 0.2) is 0 Å². The second kappa shape index (κ2) is 7.08. The summed E-state index contributed by atoms with van der Waals surface area (Å²) < 4.78 is 27.0. The lowest BCUT2D eigenvalue weighted by Gasteiger charge is -2.35. The van der Waals surface area contributed by atoms with Gasteiger partial charge in [-0.25, -0.2) is 17.9 Å². The highest BCUT2D eigenvalue weighted by atomic mass is 32.2. The number of aromatic carboxylic acids is 1. The van der Waals surface area contributed by atoms with Crippen molar-refractivity contribution >= 4 is 27.3 Å². The maximum atomic E-state index is 12.2. The highest BCUT2D eigenvalue weighted by molar-refractivity contribution is 7.91. The Balaban J connectivity index is 1.95. The molecule has 1 aliphatic heterocycles. The topological polar surface area (TPSA) is 86.7 Å². The number of hydrogen-bond acceptors (Lipinski definition) is 5. The molecule has 0 amide bonds. The van der Waals surface area contributed by atoms with Crippen molar-refractivity contribution in [2.45, 2.75) is 36.9 Å². The maximum absolute atomic E-state index is 12.2. The molecule has 0 aromatic carbocycles. The van der Waals surface area contributed by atoms with Crippen molar-refractivity contribution in [2.75, 3.05) is 19.6 Å². The van der Waals surface area contributed by atoms with Gasteiger partial charge in [0.1, 0.15) is 4.21 Å². The molecule has 0 aliphatic carbocycles. The number of hydrogen-bond donors (Lipinski definition) is 2. The summed E-state index contributed by atoms with van der Waals surface area (Å²) in [6.45, 7) is 6.54. The van der Waals surface area contributed by atoms with Gasteiger partial charge in [-0.3, -0.25) is 4.90 Å². The van der Waals surface area contributed by atoms with E-state index in [1.165, 1.54) is 17.9 Å². The monoisotopic (exact) mass is 346 g/mol. The summed E-state index contributed by atoms with van der Waals surface area (Å²) in [6.07, 6.45) is 2.37. The number of sulfonamides is 1. The normalized spacial score (nSPS) is 21.6. The van der Waals surface area contributed by atoms with Crippen molar-refractivity contribution in [3.63, 3.8) is 0 Å². The molecule has 0 bridgehead atoms. The molecule has 2 atom stereocenters. The number of piperidine rings is 1. The van der Waals surface area contributed by atoms with Crippen molar-refractivity contribution in [1.29, 1.82) is 0 Å². The van der Waals surface area contributed by atoms with Crippen LogP contribution in [0.5, 0.6) is 0 Å². The van der Waals surface area contributed by atoms with Gasteiger partial charge in [0, 0.05) is 24.5 Å². The maximum Gasteiger partial charge on any atom is 0.336 e. The number of carboxylic acid groups (broad SMARTS) is 1. The number of nitrogens with zero attached hydrogens (tertiary/aromatic N) is 1. The van der Waals surface area contributed by atoms with Crippen molar-refractivity contribution < 1.29 is 18.3 Å². The Morgan fingerprint density at radius 1 is 1.59 bits per heavy atom. The Morgan fingerprint density at radius 3 is 2.91 bits per heavy atom. The number of rotatable bonds is 6. The highest BCUT2D eigenvalue weighted by Crippen LogP contribution is 2.21. The van der Waals surface area contributed by atoms with Gasteiger partial charge < -0.3 is 5.11 Å². The molecular formula is C14H22N2O4S2. The molecule has 124 valence electrons. The molecular weight excluding hydrogens is 324 g/mol. The molecule has 22 heavy (non-hydrogen) atoms. The molecule has 1 aromatic heterocycles. The fourth-order valence-corrected chi connectivity index (χ4v) is 4.95. The third kappa shape index (κ3) is 4.28. The summed E-state index contributed by atoms with van der Waals surface area (Å²) >= 11 is 0.928. The van der Waals surface area contributed by atoms with Gasteiger partial charge in [0.25, 0.3) is 0 Å². The second-order valence-electron chi connectivity index (χ2n) is 5.90. The van der Waals surface area contributed by atoms with Gasteiger partial charge in [-0.1, -0.05) is 6.92 Å². The van der Waals surface area contributed by atoms with Crippen LogP contribution in [0.25, 0.3) is 0 Å². The zero-order valence-corrected chi connectivity index (χ0v) is 14.4. The summed E-state index contributed by atoms with van der Waals surface area (Å²) in [5.74, 6) is -0.475. The van der Waals surface area contributed by atoms with Crippen LogP contribution < -0.4 is 4.72 Å². The van der Waals surface area contributed by atoms with Crippen LogP contribution in [0.2, 0.25) is 0 Å². The summed E-state index contributed by atoms with van der Waals surface area (Å²) in [7, 11) is -3.64. The Kier molecular flexibility index (Phi) is 5.60. The first-order valence-corrected chi connectivity index (χ1v) is 9.71. The minimum absolute atomic E-state index is 0.00304. The van der Waals surface area contributed by atoms with E-state index in [9.17, 15) is 13.2 Å². The van der Waals surface area contributed by atoms with Crippen molar-refractivity contribution in [2.24, 2.45) is 5.92 Å². The molecule has 6 nitrogen and oxygen atoms in total. The molecule has 0 radical (unpaired) electrons. The zero-order chi connectivity index (χ0) is 16.3. The van der Waals surface area contributed by atoms with E-state index < -0.39 is 16.0 Å². The molecule has 0 spiro atoms. The van der Waals surface area contributed by atoms with Gasteiger partial charge >= 0.3 is 5.97 Å². The largest absolute Gasteiger partial charge is 0.478 e. The summed E-state index contributed by atoms with van der Waals surface area (Å²) in [5.41, 5.74) is 0.00304.